The fraction of sp³-hybridized carbons (Fsp3) is 0.433. The van der Waals surface area contributed by atoms with Crippen LogP contribution in [0.5, 0.6) is 0 Å². The van der Waals surface area contributed by atoms with Crippen LogP contribution in [0.1, 0.15) is 53.5 Å². The summed E-state index contributed by atoms with van der Waals surface area (Å²) < 4.78 is 34.3. The van der Waals surface area contributed by atoms with Crippen molar-refractivity contribution >= 4 is 37.2 Å². The summed E-state index contributed by atoms with van der Waals surface area (Å²) in [5.74, 6) is -2.93. The Morgan fingerprint density at radius 2 is 1.48 bits per heavy atom. The lowest BCUT2D eigenvalue weighted by Gasteiger charge is -2.23. The van der Waals surface area contributed by atoms with Gasteiger partial charge in [0.2, 0.25) is 11.8 Å². The summed E-state index contributed by atoms with van der Waals surface area (Å²) in [6.45, 7) is 4.41. The summed E-state index contributed by atoms with van der Waals surface area (Å²) in [7, 11) is -3.52. The van der Waals surface area contributed by atoms with Crippen molar-refractivity contribution in [3.05, 3.63) is 71.3 Å². The molecule has 1 heterocycles. The van der Waals surface area contributed by atoms with Crippen LogP contribution in [0, 0.1) is 0 Å². The predicted molar refractivity (Wildman–Crippen MR) is 159 cm³/mol. The Kier molecular flexibility index (Phi) is 13.2. The van der Waals surface area contributed by atoms with Crippen LogP contribution in [-0.2, 0) is 44.1 Å². The third-order valence-electron chi connectivity index (χ3n) is 6.51. The van der Waals surface area contributed by atoms with Crippen molar-refractivity contribution in [1.29, 1.82) is 0 Å². The van der Waals surface area contributed by atoms with Gasteiger partial charge in [-0.15, -0.1) is 0 Å². The number of nitrogens with zero attached hydrogens (tertiary/aromatic N) is 1. The Bertz CT molecular complexity index is 1320. The maximum atomic E-state index is 13.0. The van der Waals surface area contributed by atoms with E-state index in [0.717, 1.165) is 10.5 Å². The Labute approximate surface area is 256 Å². The topological polar surface area (TPSA) is 167 Å². The maximum absolute atomic E-state index is 13.0. The number of hydrogen-bond acceptors (Lipinski definition) is 10. The van der Waals surface area contributed by atoms with Crippen molar-refractivity contribution in [2.45, 2.75) is 45.9 Å². The first-order valence-electron chi connectivity index (χ1n) is 14.3. The fourth-order valence-corrected chi connectivity index (χ4v) is 6.03. The lowest BCUT2D eigenvalue weighted by molar-refractivity contribution is -0.149. The van der Waals surface area contributed by atoms with Crippen LogP contribution in [0.2, 0.25) is 0 Å². The Morgan fingerprint density at radius 3 is 2.07 bits per heavy atom. The van der Waals surface area contributed by atoms with Crippen molar-refractivity contribution in [3.8, 4) is 0 Å². The highest BCUT2D eigenvalue weighted by Gasteiger charge is 2.35. The van der Waals surface area contributed by atoms with E-state index in [4.69, 9.17) is 18.5 Å². The molecule has 0 bridgehead atoms. The number of imide groups is 1. The Balaban J connectivity index is 1.50. The van der Waals surface area contributed by atoms with Crippen LogP contribution in [0.25, 0.3) is 0 Å². The van der Waals surface area contributed by atoms with Crippen molar-refractivity contribution < 1.29 is 47.1 Å². The third kappa shape index (κ3) is 9.81. The second kappa shape index (κ2) is 16.8. The number of amides is 4. The van der Waals surface area contributed by atoms with Crippen LogP contribution >= 0.6 is 7.60 Å². The summed E-state index contributed by atoms with van der Waals surface area (Å²) in [5, 5.41) is 5.03. The largest absolute Gasteiger partial charge is 0.459 e. The molecule has 1 aliphatic rings. The minimum Gasteiger partial charge on any atom is -0.459 e. The van der Waals surface area contributed by atoms with Crippen molar-refractivity contribution in [1.82, 2.24) is 15.5 Å². The highest BCUT2D eigenvalue weighted by Crippen LogP contribution is 2.48. The van der Waals surface area contributed by atoms with Crippen LogP contribution in [-0.4, -0.2) is 85.7 Å². The van der Waals surface area contributed by atoms with Gasteiger partial charge < -0.3 is 29.2 Å². The van der Waals surface area contributed by atoms with Gasteiger partial charge in [0, 0.05) is 0 Å². The molecule has 0 spiro atoms. The second-order valence-electron chi connectivity index (χ2n) is 9.76. The fourth-order valence-electron chi connectivity index (χ4n) is 4.33. The molecule has 13 nitrogen and oxygen atoms in total. The molecular weight excluding hydrogens is 593 g/mol. The molecule has 238 valence electrons. The molecule has 3 rings (SSSR count). The van der Waals surface area contributed by atoms with Gasteiger partial charge in [-0.1, -0.05) is 42.5 Å². The number of carbonyl (C=O) groups is 5. The molecule has 0 aromatic heterocycles. The molecular formula is C30H38N3O10P. The van der Waals surface area contributed by atoms with E-state index in [0.29, 0.717) is 11.1 Å². The number of benzene rings is 2. The minimum atomic E-state index is -3.52. The standard InChI is InChI=1S/C30H38N3O10P/c1-4-42-44(39,43-5-2)18-15-25(30(38)41-19-22-11-7-6-8-12-22)32-27(35)21(3)31-26(34)20-40-17-16-33-28(36)23-13-9-10-14-24(23)29(33)37/h6-14,21,25H,4-5,15-20H2,1-3H3,(H,31,34)(H,32,35)/t21-,25?/m0/s1. The molecule has 0 saturated carbocycles. The van der Waals surface area contributed by atoms with Crippen molar-refractivity contribution in [2.24, 2.45) is 0 Å². The SMILES string of the molecule is CCOP(=O)(CCC(NC(=O)[C@H](C)NC(=O)COCCN1C(=O)c2ccccc2C1=O)C(=O)OCc1ccccc1)OCC. The number of esters is 1. The third-order valence-corrected chi connectivity index (χ3v) is 8.62. The predicted octanol–water partition coefficient (Wildman–Crippen LogP) is 2.69. The number of rotatable bonds is 18. The van der Waals surface area contributed by atoms with E-state index < -0.39 is 55.9 Å². The number of fused-ring (bicyclic) bond motifs is 1. The van der Waals surface area contributed by atoms with E-state index in [1.807, 2.05) is 6.07 Å². The first kappa shape index (κ1) is 34.6. The van der Waals surface area contributed by atoms with Gasteiger partial charge in [-0.2, -0.15) is 0 Å². The van der Waals surface area contributed by atoms with Gasteiger partial charge in [0.05, 0.1) is 43.7 Å². The molecule has 4 amide bonds. The molecule has 2 atom stereocenters. The molecule has 1 unspecified atom stereocenters. The zero-order valence-corrected chi connectivity index (χ0v) is 25.9. The van der Waals surface area contributed by atoms with Gasteiger partial charge in [-0.3, -0.25) is 28.6 Å². The molecule has 0 fully saturated rings. The summed E-state index contributed by atoms with van der Waals surface area (Å²) in [5.41, 5.74) is 1.37. The van der Waals surface area contributed by atoms with Gasteiger partial charge in [-0.05, 0) is 44.9 Å². The normalized spacial score (nSPS) is 14.1. The van der Waals surface area contributed by atoms with E-state index in [1.54, 1.807) is 62.4 Å². The molecule has 1 aliphatic heterocycles. The number of carbonyl (C=O) groups excluding carboxylic acids is 5. The average molecular weight is 632 g/mol. The monoisotopic (exact) mass is 631 g/mol. The summed E-state index contributed by atoms with van der Waals surface area (Å²) >= 11 is 0. The van der Waals surface area contributed by atoms with Crippen molar-refractivity contribution in [3.63, 3.8) is 0 Å². The van der Waals surface area contributed by atoms with Gasteiger partial charge in [0.1, 0.15) is 25.3 Å². The first-order chi connectivity index (χ1) is 21.1. The zero-order valence-electron chi connectivity index (χ0n) is 25.0. The van der Waals surface area contributed by atoms with E-state index in [9.17, 15) is 28.5 Å². The van der Waals surface area contributed by atoms with Gasteiger partial charge >= 0.3 is 13.6 Å². The van der Waals surface area contributed by atoms with Crippen LogP contribution < -0.4 is 10.6 Å². The second-order valence-corrected chi connectivity index (χ2v) is 11.9. The molecule has 14 heteroatoms. The summed E-state index contributed by atoms with van der Waals surface area (Å²) in [6.07, 6.45) is -0.250. The van der Waals surface area contributed by atoms with Gasteiger partial charge in [-0.25, -0.2) is 4.79 Å². The highest BCUT2D eigenvalue weighted by molar-refractivity contribution is 7.53. The van der Waals surface area contributed by atoms with E-state index in [1.165, 1.54) is 6.92 Å². The molecule has 2 N–H and O–H groups in total. The van der Waals surface area contributed by atoms with Crippen LogP contribution in [0.15, 0.2) is 54.6 Å². The molecule has 0 radical (unpaired) electrons. The zero-order chi connectivity index (χ0) is 32.1. The molecule has 0 aliphatic carbocycles. The van der Waals surface area contributed by atoms with Crippen LogP contribution in [0.4, 0.5) is 0 Å². The summed E-state index contributed by atoms with van der Waals surface area (Å²) in [6, 6.07) is 13.2. The number of nitrogens with one attached hydrogen (secondary N) is 2. The van der Waals surface area contributed by atoms with E-state index in [2.05, 4.69) is 10.6 Å². The molecule has 0 saturated heterocycles. The lowest BCUT2D eigenvalue weighted by Crippen LogP contribution is -2.51. The maximum Gasteiger partial charge on any atom is 0.330 e. The average Bonchev–Trinajstić information content (AvgIpc) is 3.25. The highest BCUT2D eigenvalue weighted by atomic mass is 31.2. The molecule has 2 aromatic rings. The van der Waals surface area contributed by atoms with Gasteiger partial charge in [0.15, 0.2) is 0 Å². The first-order valence-corrected chi connectivity index (χ1v) is 16.0. The molecule has 2 aromatic carbocycles. The smallest absolute Gasteiger partial charge is 0.330 e. The summed E-state index contributed by atoms with van der Waals surface area (Å²) in [4.78, 5) is 64.2. The Hall–Kier alpha value is -3.90. The van der Waals surface area contributed by atoms with Crippen LogP contribution in [0.3, 0.4) is 0 Å². The van der Waals surface area contributed by atoms with Crippen molar-refractivity contribution in [2.75, 3.05) is 39.1 Å². The quantitative estimate of drug-likeness (QED) is 0.108. The minimum absolute atomic E-state index is 0.0367. The van der Waals surface area contributed by atoms with Gasteiger partial charge in [0.25, 0.3) is 11.8 Å². The van der Waals surface area contributed by atoms with E-state index >= 15 is 0 Å². The lowest BCUT2D eigenvalue weighted by atomic mass is 10.1. The Morgan fingerprint density at radius 1 is 0.886 bits per heavy atom. The van der Waals surface area contributed by atoms with E-state index in [-0.39, 0.29) is 45.6 Å². The number of hydrogen-bond donors (Lipinski definition) is 2. The molecule has 44 heavy (non-hydrogen) atoms. The number of ether oxygens (including phenoxy) is 2.